The van der Waals surface area contributed by atoms with Gasteiger partial charge in [-0.3, -0.25) is 0 Å². The normalized spacial score (nSPS) is 12.7. The molecule has 0 atom stereocenters. The largest absolute Gasteiger partial charge is 0.377 e. The highest BCUT2D eigenvalue weighted by molar-refractivity contribution is 8.13. The number of hydrogen-bond acceptors (Lipinski definition) is 3. The van der Waals surface area contributed by atoms with Gasteiger partial charge in [0.05, 0.1) is 6.21 Å². The number of rotatable bonds is 2. The van der Waals surface area contributed by atoms with Crippen molar-refractivity contribution in [3.63, 3.8) is 0 Å². The third-order valence-electron chi connectivity index (χ3n) is 2.43. The number of fused-ring (bicyclic) bond motifs is 1. The maximum Gasteiger partial charge on any atom is 0.180 e. The summed E-state index contributed by atoms with van der Waals surface area (Å²) in [7, 11) is 0. The average molecular weight is 246 g/mol. The number of benzene rings is 1. The maximum absolute atomic E-state index is 5.54. The van der Waals surface area contributed by atoms with Gasteiger partial charge in [-0.2, -0.15) is 5.10 Å². The monoisotopic (exact) mass is 246 g/mol. The number of H-pyrrole nitrogens is 1. The van der Waals surface area contributed by atoms with Crippen LogP contribution in [-0.2, 0) is 0 Å². The fraction of sp³-hybridized carbons (Fsp3) is 0.167. The van der Waals surface area contributed by atoms with E-state index in [0.717, 1.165) is 16.5 Å². The van der Waals surface area contributed by atoms with Crippen LogP contribution in [0.15, 0.2) is 34.6 Å². The van der Waals surface area contributed by atoms with Gasteiger partial charge in [0.1, 0.15) is 0 Å². The molecule has 1 aromatic carbocycles. The van der Waals surface area contributed by atoms with Crippen molar-refractivity contribution < 1.29 is 0 Å². The quantitative estimate of drug-likeness (QED) is 0.485. The van der Waals surface area contributed by atoms with Crippen LogP contribution in [0.4, 0.5) is 0 Å². The van der Waals surface area contributed by atoms with Gasteiger partial charge in [-0.15, -0.1) is 5.10 Å². The molecule has 0 saturated carbocycles. The second kappa shape index (κ2) is 5.05. The minimum atomic E-state index is 0.456. The zero-order valence-corrected chi connectivity index (χ0v) is 10.6. The van der Waals surface area contributed by atoms with Gasteiger partial charge in [0.15, 0.2) is 5.17 Å². The summed E-state index contributed by atoms with van der Waals surface area (Å²) in [6.07, 6.45) is 5.49. The van der Waals surface area contributed by atoms with E-state index in [0.29, 0.717) is 5.17 Å². The van der Waals surface area contributed by atoms with Crippen molar-refractivity contribution in [2.75, 3.05) is 6.26 Å². The molecule has 0 saturated heterocycles. The highest BCUT2D eigenvalue weighted by atomic mass is 32.2. The zero-order valence-electron chi connectivity index (χ0n) is 9.77. The van der Waals surface area contributed by atoms with E-state index in [1.54, 1.807) is 6.21 Å². The molecule has 1 aromatic heterocycles. The summed E-state index contributed by atoms with van der Waals surface area (Å²) < 4.78 is 0. The van der Waals surface area contributed by atoms with Crippen molar-refractivity contribution >= 4 is 34.0 Å². The van der Waals surface area contributed by atoms with Crippen LogP contribution in [0.3, 0.4) is 0 Å². The molecular weight excluding hydrogens is 232 g/mol. The fourth-order valence-corrected chi connectivity index (χ4v) is 1.68. The molecule has 0 bridgehead atoms. The molecule has 3 N–H and O–H groups in total. The van der Waals surface area contributed by atoms with Gasteiger partial charge >= 0.3 is 0 Å². The summed E-state index contributed by atoms with van der Waals surface area (Å²) in [5.41, 5.74) is 8.87. The smallest absolute Gasteiger partial charge is 0.180 e. The van der Waals surface area contributed by atoms with E-state index in [9.17, 15) is 0 Å². The van der Waals surface area contributed by atoms with Crippen molar-refractivity contribution in [1.82, 2.24) is 4.98 Å². The Morgan fingerprint density at radius 1 is 1.47 bits per heavy atom. The van der Waals surface area contributed by atoms with Gasteiger partial charge < -0.3 is 10.7 Å². The lowest BCUT2D eigenvalue weighted by Crippen LogP contribution is -2.03. The third kappa shape index (κ3) is 2.68. The molecule has 2 aromatic rings. The second-order valence-corrected chi connectivity index (χ2v) is 4.51. The van der Waals surface area contributed by atoms with Crippen LogP contribution in [0.2, 0.25) is 0 Å². The Balaban J connectivity index is 2.33. The highest BCUT2D eigenvalue weighted by Gasteiger charge is 2.00. The molecule has 0 fully saturated rings. The van der Waals surface area contributed by atoms with Crippen molar-refractivity contribution in [1.29, 1.82) is 0 Å². The van der Waals surface area contributed by atoms with Crippen LogP contribution in [0, 0.1) is 6.92 Å². The minimum Gasteiger partial charge on any atom is -0.377 e. The van der Waals surface area contributed by atoms with E-state index in [1.807, 2.05) is 12.5 Å². The molecule has 0 unspecified atom stereocenters. The first-order chi connectivity index (χ1) is 8.20. The molecule has 2 rings (SSSR count). The molecular formula is C12H14N4S. The van der Waals surface area contributed by atoms with Gasteiger partial charge in [-0.05, 0) is 25.3 Å². The molecule has 0 aliphatic carbocycles. The topological polar surface area (TPSA) is 66.5 Å². The van der Waals surface area contributed by atoms with Crippen molar-refractivity contribution in [2.45, 2.75) is 6.92 Å². The van der Waals surface area contributed by atoms with Crippen LogP contribution < -0.4 is 5.73 Å². The first kappa shape index (κ1) is 11.7. The first-order valence-electron chi connectivity index (χ1n) is 5.19. The molecule has 0 amide bonds. The van der Waals surface area contributed by atoms with Gasteiger partial charge in [0.25, 0.3) is 0 Å². The Bertz CT molecular complexity index is 583. The van der Waals surface area contributed by atoms with Gasteiger partial charge in [0, 0.05) is 22.7 Å². The van der Waals surface area contributed by atoms with Crippen LogP contribution in [0.5, 0.6) is 0 Å². The standard InChI is InChI=1S/C12H14N4S/c1-8-3-4-11-10(5-8)9(6-14-11)7-15-16-12(13)17-2/h3-7,14H,1-2H3,(H2,13,16)/b15-7+. The highest BCUT2D eigenvalue weighted by Crippen LogP contribution is 2.18. The van der Waals surface area contributed by atoms with Crippen molar-refractivity contribution in [3.05, 3.63) is 35.5 Å². The predicted octanol–water partition coefficient (Wildman–Crippen LogP) is 2.49. The number of aryl methyl sites for hydroxylation is 1. The summed E-state index contributed by atoms with van der Waals surface area (Å²) in [6.45, 7) is 2.07. The summed E-state index contributed by atoms with van der Waals surface area (Å²) >= 11 is 1.37. The summed E-state index contributed by atoms with van der Waals surface area (Å²) in [4.78, 5) is 3.19. The lowest BCUT2D eigenvalue weighted by molar-refractivity contribution is 1.25. The van der Waals surface area contributed by atoms with E-state index in [4.69, 9.17) is 5.73 Å². The van der Waals surface area contributed by atoms with E-state index in [-0.39, 0.29) is 0 Å². The Hall–Kier alpha value is -1.75. The third-order valence-corrected chi connectivity index (χ3v) is 2.93. The number of aromatic amines is 1. The molecule has 4 nitrogen and oxygen atoms in total. The van der Waals surface area contributed by atoms with E-state index in [2.05, 4.69) is 40.3 Å². The zero-order chi connectivity index (χ0) is 12.3. The van der Waals surface area contributed by atoms with E-state index in [1.165, 1.54) is 17.3 Å². The van der Waals surface area contributed by atoms with Crippen LogP contribution in [-0.4, -0.2) is 22.6 Å². The first-order valence-corrected chi connectivity index (χ1v) is 6.41. The van der Waals surface area contributed by atoms with E-state index >= 15 is 0 Å². The second-order valence-electron chi connectivity index (χ2n) is 3.68. The number of amidine groups is 1. The average Bonchev–Trinajstić information content (AvgIpc) is 2.72. The SMILES string of the molecule is CS/C(N)=N\N=C\c1c[nH]c2ccc(C)cc12. The Labute approximate surface area is 104 Å². The van der Waals surface area contributed by atoms with Crippen LogP contribution >= 0.6 is 11.8 Å². The van der Waals surface area contributed by atoms with Crippen molar-refractivity contribution in [3.8, 4) is 0 Å². The fourth-order valence-electron chi connectivity index (χ4n) is 1.55. The molecule has 88 valence electrons. The Morgan fingerprint density at radius 2 is 2.29 bits per heavy atom. The van der Waals surface area contributed by atoms with Gasteiger partial charge in [-0.25, -0.2) is 0 Å². The van der Waals surface area contributed by atoms with Crippen LogP contribution in [0.1, 0.15) is 11.1 Å². The number of nitrogens with zero attached hydrogens (tertiary/aromatic N) is 2. The van der Waals surface area contributed by atoms with Crippen molar-refractivity contribution in [2.24, 2.45) is 15.9 Å². The number of aromatic nitrogens is 1. The predicted molar refractivity (Wildman–Crippen MR) is 75.8 cm³/mol. The molecule has 0 spiro atoms. The van der Waals surface area contributed by atoms with Gasteiger partial charge in [0.2, 0.25) is 0 Å². The number of thioether (sulfide) groups is 1. The van der Waals surface area contributed by atoms with E-state index < -0.39 is 0 Å². The van der Waals surface area contributed by atoms with Crippen LogP contribution in [0.25, 0.3) is 10.9 Å². The summed E-state index contributed by atoms with van der Waals surface area (Å²) in [5.74, 6) is 0. The minimum absolute atomic E-state index is 0.456. The maximum atomic E-state index is 5.54. The Kier molecular flexibility index (Phi) is 3.49. The summed E-state index contributed by atoms with van der Waals surface area (Å²) in [5, 5.41) is 9.42. The summed E-state index contributed by atoms with van der Waals surface area (Å²) in [6, 6.07) is 6.25. The lowest BCUT2D eigenvalue weighted by Gasteiger charge is -1.94. The number of nitrogens with one attached hydrogen (secondary N) is 1. The number of nitrogens with two attached hydrogens (primary N) is 1. The molecule has 5 heteroatoms. The molecule has 1 heterocycles. The molecule has 0 aliphatic rings. The molecule has 0 aliphatic heterocycles. The Morgan fingerprint density at radius 3 is 3.06 bits per heavy atom. The molecule has 0 radical (unpaired) electrons. The number of hydrogen-bond donors (Lipinski definition) is 2. The van der Waals surface area contributed by atoms with Gasteiger partial charge in [-0.1, -0.05) is 23.4 Å². The molecule has 17 heavy (non-hydrogen) atoms. The lowest BCUT2D eigenvalue weighted by atomic mass is 10.1.